The third-order valence-corrected chi connectivity index (χ3v) is 1.63. The first-order valence-electron chi connectivity index (χ1n) is 3.32. The van der Waals surface area contributed by atoms with E-state index >= 15 is 0 Å². The number of rotatable bonds is 1. The molecule has 1 unspecified atom stereocenters. The van der Waals surface area contributed by atoms with Crippen molar-refractivity contribution in [3.63, 3.8) is 0 Å². The maximum absolute atomic E-state index is 9.09. The highest BCUT2D eigenvalue weighted by Crippen LogP contribution is 2.13. The van der Waals surface area contributed by atoms with Gasteiger partial charge in [0.05, 0.1) is 25.4 Å². The second-order valence-corrected chi connectivity index (χ2v) is 2.51. The molecule has 1 heterocycles. The van der Waals surface area contributed by atoms with Gasteiger partial charge in [-0.25, -0.2) is 0 Å². The third-order valence-electron chi connectivity index (χ3n) is 1.63. The lowest BCUT2D eigenvalue weighted by Gasteiger charge is -2.29. The average molecular weight is 148 g/mol. The Morgan fingerprint density at radius 2 is 2.10 bits per heavy atom. The van der Waals surface area contributed by atoms with Crippen molar-refractivity contribution in [2.24, 2.45) is 0 Å². The molecule has 0 aromatic heterocycles. The van der Waals surface area contributed by atoms with Crippen LogP contribution in [0, 0.1) is 0 Å². The Kier molecular flexibility index (Phi) is 2.62. The van der Waals surface area contributed by atoms with Gasteiger partial charge in [0, 0.05) is 6.42 Å². The van der Waals surface area contributed by atoms with Crippen LogP contribution in [0.5, 0.6) is 0 Å². The molecule has 1 rings (SSSR count). The van der Waals surface area contributed by atoms with Gasteiger partial charge in [0.2, 0.25) is 0 Å². The van der Waals surface area contributed by atoms with Crippen LogP contribution in [0.2, 0.25) is 0 Å². The van der Waals surface area contributed by atoms with E-state index in [4.69, 9.17) is 20.1 Å². The van der Waals surface area contributed by atoms with Crippen LogP contribution >= 0.6 is 0 Å². The monoisotopic (exact) mass is 148 g/mol. The Labute approximate surface area is 59.1 Å². The molecule has 0 aromatic carbocycles. The molecule has 1 fully saturated rings. The minimum atomic E-state index is -0.728. The van der Waals surface area contributed by atoms with Crippen LogP contribution in [0.4, 0.5) is 0 Å². The maximum atomic E-state index is 9.09. The first kappa shape index (κ1) is 7.94. The van der Waals surface area contributed by atoms with E-state index in [0.29, 0.717) is 6.42 Å². The molecule has 1 aliphatic rings. The molecule has 3 atom stereocenters. The summed E-state index contributed by atoms with van der Waals surface area (Å²) in [5.74, 6) is 0. The maximum Gasteiger partial charge on any atom is 0.107 e. The van der Waals surface area contributed by atoms with Crippen molar-refractivity contribution in [2.75, 3.05) is 13.2 Å². The summed E-state index contributed by atoms with van der Waals surface area (Å²) in [6.45, 7) is 0.0240. The van der Waals surface area contributed by atoms with Crippen LogP contribution < -0.4 is 0 Å². The van der Waals surface area contributed by atoms with Gasteiger partial charge in [-0.15, -0.1) is 0 Å². The summed E-state index contributed by atoms with van der Waals surface area (Å²) in [5, 5.41) is 26.6. The van der Waals surface area contributed by atoms with Crippen molar-refractivity contribution in [1.82, 2.24) is 0 Å². The molecular formula is C6H12O4. The van der Waals surface area contributed by atoms with Gasteiger partial charge in [0.25, 0.3) is 0 Å². The molecule has 4 nitrogen and oxygen atoms in total. The summed E-state index contributed by atoms with van der Waals surface area (Å²) >= 11 is 0. The lowest BCUT2D eigenvalue weighted by Crippen LogP contribution is -2.42. The molecular weight excluding hydrogens is 136 g/mol. The molecule has 3 N–H and O–H groups in total. The zero-order valence-corrected chi connectivity index (χ0v) is 5.60. The average Bonchev–Trinajstić information content (AvgIpc) is 1.88. The van der Waals surface area contributed by atoms with Gasteiger partial charge in [-0.2, -0.15) is 0 Å². The highest BCUT2D eigenvalue weighted by atomic mass is 16.5. The van der Waals surface area contributed by atoms with E-state index < -0.39 is 18.3 Å². The summed E-state index contributed by atoms with van der Waals surface area (Å²) in [5.41, 5.74) is 0. The zero-order valence-electron chi connectivity index (χ0n) is 5.60. The van der Waals surface area contributed by atoms with Crippen molar-refractivity contribution in [3.05, 3.63) is 0 Å². The predicted molar refractivity (Wildman–Crippen MR) is 33.5 cm³/mol. The highest BCUT2D eigenvalue weighted by molar-refractivity contribution is 4.76. The van der Waals surface area contributed by atoms with Crippen LogP contribution in [0.15, 0.2) is 0 Å². The molecule has 60 valence electrons. The molecule has 10 heavy (non-hydrogen) atoms. The Bertz CT molecular complexity index is 106. The van der Waals surface area contributed by atoms with Crippen LogP contribution in [0.1, 0.15) is 6.42 Å². The van der Waals surface area contributed by atoms with Gasteiger partial charge in [-0.05, 0) is 0 Å². The van der Waals surface area contributed by atoms with E-state index in [9.17, 15) is 0 Å². The minimum absolute atomic E-state index is 0.187. The van der Waals surface area contributed by atoms with Gasteiger partial charge >= 0.3 is 0 Å². The second kappa shape index (κ2) is 3.30. The van der Waals surface area contributed by atoms with Gasteiger partial charge in [-0.1, -0.05) is 0 Å². The largest absolute Gasteiger partial charge is 0.394 e. The topological polar surface area (TPSA) is 69.9 Å². The Morgan fingerprint density at radius 3 is 2.60 bits per heavy atom. The number of hydrogen-bond donors (Lipinski definition) is 3. The van der Waals surface area contributed by atoms with Crippen molar-refractivity contribution in [3.8, 4) is 0 Å². The van der Waals surface area contributed by atoms with Crippen molar-refractivity contribution < 1.29 is 20.1 Å². The summed E-state index contributed by atoms with van der Waals surface area (Å²) in [7, 11) is 0. The summed E-state index contributed by atoms with van der Waals surface area (Å²) in [6, 6.07) is 0. The molecule has 0 radical (unpaired) electrons. The second-order valence-electron chi connectivity index (χ2n) is 2.51. The molecule has 0 aliphatic carbocycles. The summed E-state index contributed by atoms with van der Waals surface area (Å²) < 4.78 is 4.90. The number of aliphatic hydroxyl groups excluding tert-OH is 3. The van der Waals surface area contributed by atoms with E-state index in [1.54, 1.807) is 0 Å². The smallest absolute Gasteiger partial charge is 0.107 e. The zero-order chi connectivity index (χ0) is 7.56. The van der Waals surface area contributed by atoms with E-state index in [2.05, 4.69) is 0 Å². The fraction of sp³-hybridized carbons (Fsp3) is 1.00. The summed E-state index contributed by atoms with van der Waals surface area (Å²) in [4.78, 5) is 0. The number of aliphatic hydroxyl groups is 3. The molecule has 0 aromatic rings. The molecule has 4 heteroatoms. The predicted octanol–water partition coefficient (Wildman–Crippen LogP) is -1.51. The van der Waals surface area contributed by atoms with Crippen molar-refractivity contribution >= 4 is 0 Å². The van der Waals surface area contributed by atoms with Crippen molar-refractivity contribution in [2.45, 2.75) is 24.7 Å². The molecule has 0 amide bonds. The highest BCUT2D eigenvalue weighted by Gasteiger charge is 2.27. The number of hydrogen-bond acceptors (Lipinski definition) is 4. The number of ether oxygens (including phenoxy) is 1. The van der Waals surface area contributed by atoms with Gasteiger partial charge in [0.1, 0.15) is 6.10 Å². The van der Waals surface area contributed by atoms with Crippen LogP contribution in [-0.2, 0) is 4.74 Å². The lowest BCUT2D eigenvalue weighted by molar-refractivity contribution is -0.136. The van der Waals surface area contributed by atoms with Crippen LogP contribution in [0.3, 0.4) is 0 Å². The first-order valence-corrected chi connectivity index (χ1v) is 3.32. The Hall–Kier alpha value is -0.160. The Morgan fingerprint density at radius 1 is 1.40 bits per heavy atom. The van der Waals surface area contributed by atoms with Crippen LogP contribution in [0.25, 0.3) is 0 Å². The van der Waals surface area contributed by atoms with E-state index in [0.717, 1.165) is 0 Å². The standard InChI is InChI=1S/C6H12O4/c7-2-6-5(9)1-4(8)3-10-6/h4-9H,1-3H2/t4-,5-,6?/m0/s1. The molecule has 0 bridgehead atoms. The quantitative estimate of drug-likeness (QED) is 0.423. The van der Waals surface area contributed by atoms with Crippen molar-refractivity contribution in [1.29, 1.82) is 0 Å². The van der Waals surface area contributed by atoms with E-state index in [-0.39, 0.29) is 13.2 Å². The third kappa shape index (κ3) is 1.67. The molecule has 0 saturated carbocycles. The molecule has 0 spiro atoms. The SMILES string of the molecule is OCC1OC[C@@H](O)C[C@@H]1O. The minimum Gasteiger partial charge on any atom is -0.394 e. The van der Waals surface area contributed by atoms with Gasteiger partial charge in [-0.3, -0.25) is 0 Å². The van der Waals surface area contributed by atoms with E-state index in [1.165, 1.54) is 0 Å². The first-order chi connectivity index (χ1) is 4.74. The molecule has 1 saturated heterocycles. The normalized spacial score (nSPS) is 41.7. The van der Waals surface area contributed by atoms with Crippen LogP contribution in [-0.4, -0.2) is 46.8 Å². The lowest BCUT2D eigenvalue weighted by atomic mass is 10.0. The molecule has 1 aliphatic heterocycles. The van der Waals surface area contributed by atoms with Gasteiger partial charge in [0.15, 0.2) is 0 Å². The summed E-state index contributed by atoms with van der Waals surface area (Å²) in [6.07, 6.45) is -1.53. The van der Waals surface area contributed by atoms with E-state index in [1.807, 2.05) is 0 Å². The Balaban J connectivity index is 2.36. The van der Waals surface area contributed by atoms with Gasteiger partial charge < -0.3 is 20.1 Å². The fourth-order valence-corrected chi connectivity index (χ4v) is 1.02. The fourth-order valence-electron chi connectivity index (χ4n) is 1.02.